The summed E-state index contributed by atoms with van der Waals surface area (Å²) in [6.45, 7) is 0. The topological polar surface area (TPSA) is 0 Å². The highest BCUT2D eigenvalue weighted by Crippen LogP contribution is 2.35. The van der Waals surface area contributed by atoms with Gasteiger partial charge < -0.3 is 0 Å². The van der Waals surface area contributed by atoms with Crippen molar-refractivity contribution in [1.29, 1.82) is 0 Å². The van der Waals surface area contributed by atoms with E-state index in [9.17, 15) is 0 Å². The third-order valence-electron chi connectivity index (χ3n) is 4.02. The molecule has 0 amide bonds. The summed E-state index contributed by atoms with van der Waals surface area (Å²) >= 11 is 1.97. The molecule has 0 atom stereocenters. The van der Waals surface area contributed by atoms with Crippen LogP contribution in [-0.2, 0) is 12.2 Å². The summed E-state index contributed by atoms with van der Waals surface area (Å²) in [5.41, 5.74) is 4.20. The number of fused-ring (bicyclic) bond motifs is 4. The van der Waals surface area contributed by atoms with Crippen LogP contribution in [0.2, 0.25) is 0 Å². The van der Waals surface area contributed by atoms with Gasteiger partial charge in [-0.3, -0.25) is 0 Å². The molecule has 0 fully saturated rings. The summed E-state index contributed by atoms with van der Waals surface area (Å²) < 4.78 is 0. The fraction of sp³-hybridized carbons (Fsp3) is 0.100. The Bertz CT molecular complexity index is 830. The number of allylic oxidation sites excluding steroid dienone is 1. The van der Waals surface area contributed by atoms with Gasteiger partial charge in [0.1, 0.15) is 0 Å². The molecule has 0 nitrogen and oxygen atoms in total. The summed E-state index contributed by atoms with van der Waals surface area (Å²) in [7, 11) is 0. The van der Waals surface area contributed by atoms with Gasteiger partial charge in [-0.25, -0.2) is 0 Å². The van der Waals surface area contributed by atoms with Crippen LogP contribution < -0.4 is 0 Å². The molecule has 3 aromatic rings. The number of thioether (sulfide) groups is 1. The van der Waals surface area contributed by atoms with Crippen LogP contribution in [0.4, 0.5) is 0 Å². The van der Waals surface area contributed by atoms with Crippen molar-refractivity contribution in [2.75, 3.05) is 0 Å². The minimum absolute atomic E-state index is 1.00. The molecule has 1 heterocycles. The average Bonchev–Trinajstić information content (AvgIpc) is 2.63. The van der Waals surface area contributed by atoms with E-state index in [1.807, 2.05) is 11.8 Å². The van der Waals surface area contributed by atoms with E-state index in [0.29, 0.717) is 0 Å². The lowest BCUT2D eigenvalue weighted by Gasteiger charge is -2.11. The lowest BCUT2D eigenvalue weighted by Crippen LogP contribution is -1.89. The van der Waals surface area contributed by atoms with Gasteiger partial charge in [-0.05, 0) is 33.9 Å². The third kappa shape index (κ3) is 2.38. The first kappa shape index (κ1) is 12.7. The Balaban J connectivity index is 1.87. The maximum absolute atomic E-state index is 2.29. The minimum atomic E-state index is 1.00. The molecule has 0 aliphatic carbocycles. The van der Waals surface area contributed by atoms with Crippen LogP contribution in [0.25, 0.3) is 16.8 Å². The molecule has 0 bridgehead atoms. The SMILES string of the molecule is C1=Cc2ccccc2CSc2c(ccc3ccccc23)C1. The van der Waals surface area contributed by atoms with Gasteiger partial charge in [0.25, 0.3) is 0 Å². The summed E-state index contributed by atoms with van der Waals surface area (Å²) in [4.78, 5) is 1.44. The van der Waals surface area contributed by atoms with Crippen molar-refractivity contribution in [2.24, 2.45) is 0 Å². The Kier molecular flexibility index (Phi) is 3.28. The predicted molar refractivity (Wildman–Crippen MR) is 92.7 cm³/mol. The van der Waals surface area contributed by atoms with Crippen molar-refractivity contribution in [3.63, 3.8) is 0 Å². The summed E-state index contributed by atoms with van der Waals surface area (Å²) in [6.07, 6.45) is 5.56. The molecule has 0 radical (unpaired) electrons. The molecule has 0 saturated heterocycles. The highest BCUT2D eigenvalue weighted by molar-refractivity contribution is 7.98. The van der Waals surface area contributed by atoms with E-state index in [-0.39, 0.29) is 0 Å². The van der Waals surface area contributed by atoms with Gasteiger partial charge in [0, 0.05) is 10.6 Å². The third-order valence-corrected chi connectivity index (χ3v) is 5.25. The first-order valence-electron chi connectivity index (χ1n) is 7.30. The van der Waals surface area contributed by atoms with Crippen molar-refractivity contribution in [3.8, 4) is 0 Å². The first-order valence-corrected chi connectivity index (χ1v) is 8.28. The molecular weight excluding hydrogens is 272 g/mol. The van der Waals surface area contributed by atoms with Crippen LogP contribution in [0.15, 0.2) is 71.6 Å². The number of hydrogen-bond donors (Lipinski definition) is 0. The van der Waals surface area contributed by atoms with Gasteiger partial charge in [-0.2, -0.15) is 0 Å². The molecule has 0 aromatic heterocycles. The monoisotopic (exact) mass is 288 g/mol. The van der Waals surface area contributed by atoms with E-state index in [2.05, 4.69) is 72.8 Å². The summed E-state index contributed by atoms with van der Waals surface area (Å²) in [5, 5.41) is 2.72. The van der Waals surface area contributed by atoms with Gasteiger partial charge in [-0.15, -0.1) is 11.8 Å². The van der Waals surface area contributed by atoms with Gasteiger partial charge in [0.2, 0.25) is 0 Å². The van der Waals surface area contributed by atoms with E-state index < -0.39 is 0 Å². The lowest BCUT2D eigenvalue weighted by molar-refractivity contribution is 1.21. The van der Waals surface area contributed by atoms with Crippen molar-refractivity contribution in [2.45, 2.75) is 17.1 Å². The van der Waals surface area contributed by atoms with Crippen molar-refractivity contribution < 1.29 is 0 Å². The zero-order valence-electron chi connectivity index (χ0n) is 11.8. The average molecular weight is 288 g/mol. The van der Waals surface area contributed by atoms with Crippen molar-refractivity contribution >= 4 is 28.6 Å². The highest BCUT2D eigenvalue weighted by atomic mass is 32.2. The van der Waals surface area contributed by atoms with Crippen LogP contribution in [0, 0.1) is 0 Å². The number of hydrogen-bond acceptors (Lipinski definition) is 1. The van der Waals surface area contributed by atoms with Gasteiger partial charge in [0.15, 0.2) is 0 Å². The molecule has 1 aliphatic rings. The molecule has 0 unspecified atom stereocenters. The molecular formula is C20H16S. The van der Waals surface area contributed by atoms with Gasteiger partial charge >= 0.3 is 0 Å². The Hall–Kier alpha value is -1.99. The predicted octanol–water partition coefficient (Wildman–Crippen LogP) is 5.70. The van der Waals surface area contributed by atoms with E-state index >= 15 is 0 Å². The van der Waals surface area contributed by atoms with Crippen LogP contribution >= 0.6 is 11.8 Å². The minimum Gasteiger partial charge on any atom is -0.120 e. The maximum Gasteiger partial charge on any atom is 0.0238 e. The zero-order valence-corrected chi connectivity index (χ0v) is 12.6. The van der Waals surface area contributed by atoms with Crippen LogP contribution in [-0.4, -0.2) is 0 Å². The molecule has 1 aliphatic heterocycles. The van der Waals surface area contributed by atoms with E-state index in [0.717, 1.165) is 12.2 Å². The van der Waals surface area contributed by atoms with Crippen LogP contribution in [0.1, 0.15) is 16.7 Å². The maximum atomic E-state index is 2.29. The Morgan fingerprint density at radius 2 is 1.62 bits per heavy atom. The molecule has 3 aromatic carbocycles. The molecule has 4 rings (SSSR count). The fourth-order valence-electron chi connectivity index (χ4n) is 2.91. The molecule has 1 heteroatoms. The fourth-order valence-corrected chi connectivity index (χ4v) is 4.15. The highest BCUT2D eigenvalue weighted by Gasteiger charge is 2.10. The Morgan fingerprint density at radius 1 is 0.762 bits per heavy atom. The second-order valence-electron chi connectivity index (χ2n) is 5.37. The van der Waals surface area contributed by atoms with Crippen molar-refractivity contribution in [1.82, 2.24) is 0 Å². The van der Waals surface area contributed by atoms with Crippen LogP contribution in [0.5, 0.6) is 0 Å². The smallest absolute Gasteiger partial charge is 0.0238 e. The zero-order chi connectivity index (χ0) is 14.1. The summed E-state index contributed by atoms with van der Waals surface area (Å²) in [6, 6.07) is 21.9. The van der Waals surface area contributed by atoms with E-state index in [4.69, 9.17) is 0 Å². The second-order valence-corrected chi connectivity index (χ2v) is 6.35. The molecule has 0 N–H and O–H groups in total. The quantitative estimate of drug-likeness (QED) is 0.511. The Labute approximate surface area is 129 Å². The van der Waals surface area contributed by atoms with Crippen molar-refractivity contribution in [3.05, 3.63) is 83.4 Å². The van der Waals surface area contributed by atoms with Gasteiger partial charge in [-0.1, -0.05) is 72.8 Å². The largest absolute Gasteiger partial charge is 0.120 e. The van der Waals surface area contributed by atoms with Gasteiger partial charge in [0.05, 0.1) is 0 Å². The molecule has 21 heavy (non-hydrogen) atoms. The Morgan fingerprint density at radius 3 is 2.62 bits per heavy atom. The second kappa shape index (κ2) is 5.42. The first-order chi connectivity index (χ1) is 10.4. The van der Waals surface area contributed by atoms with E-state index in [1.54, 1.807) is 0 Å². The standard InChI is InChI=1S/C20H16S/c1-2-8-18-14-21-20-17(10-5-9-15(18)6-1)13-12-16-7-3-4-11-19(16)20/h1-9,11-13H,10,14H2. The van der Waals surface area contributed by atoms with E-state index in [1.165, 1.54) is 32.4 Å². The lowest BCUT2D eigenvalue weighted by atomic mass is 10.0. The molecule has 0 saturated carbocycles. The van der Waals surface area contributed by atoms with Crippen LogP contribution in [0.3, 0.4) is 0 Å². The molecule has 0 spiro atoms. The molecule has 102 valence electrons. The summed E-state index contributed by atoms with van der Waals surface area (Å²) in [5.74, 6) is 1.03. The number of rotatable bonds is 0. The normalized spacial score (nSPS) is 13.9. The number of benzene rings is 3.